The van der Waals surface area contributed by atoms with Crippen LogP contribution in [0, 0.1) is 6.92 Å². The maximum Gasteiger partial charge on any atom is 0.121 e. The number of rotatable bonds is 5. The molecule has 0 aliphatic carbocycles. The number of aliphatic hydroxyl groups is 1. The number of hydrogen-bond donors (Lipinski definition) is 2. The van der Waals surface area contributed by atoms with Gasteiger partial charge < -0.3 is 15.2 Å². The molecule has 6 heteroatoms. The second-order valence-electron chi connectivity index (χ2n) is 5.94. The normalized spacial score (nSPS) is 21.1. The van der Waals surface area contributed by atoms with Crippen LogP contribution in [0.3, 0.4) is 0 Å². The molecule has 1 fully saturated rings. The minimum atomic E-state index is -0.474. The average molecular weight is 321 g/mol. The minimum absolute atomic E-state index is 0.312. The van der Waals surface area contributed by atoms with Crippen molar-refractivity contribution in [1.29, 1.82) is 0 Å². The SMILES string of the molecule is Cc1nc2cc(OC[C@H](O)CN3CCN[C@@H](C)C3)ccc2s1. The van der Waals surface area contributed by atoms with Gasteiger partial charge in [-0.1, -0.05) is 0 Å². The van der Waals surface area contributed by atoms with Gasteiger partial charge in [0.15, 0.2) is 0 Å². The summed E-state index contributed by atoms with van der Waals surface area (Å²) in [6.07, 6.45) is -0.474. The van der Waals surface area contributed by atoms with Gasteiger partial charge in [-0.25, -0.2) is 4.98 Å². The number of hydrogen-bond acceptors (Lipinski definition) is 6. The van der Waals surface area contributed by atoms with Crippen LogP contribution in [-0.2, 0) is 0 Å². The molecular formula is C16H23N3O2S. The molecule has 2 heterocycles. The molecular weight excluding hydrogens is 298 g/mol. The van der Waals surface area contributed by atoms with Crippen LogP contribution in [-0.4, -0.2) is 59.9 Å². The number of piperazine rings is 1. The molecule has 0 bridgehead atoms. The fourth-order valence-electron chi connectivity index (χ4n) is 2.83. The molecule has 1 aliphatic heterocycles. The van der Waals surface area contributed by atoms with Gasteiger partial charge in [0.05, 0.1) is 15.2 Å². The van der Waals surface area contributed by atoms with Crippen molar-refractivity contribution in [2.24, 2.45) is 0 Å². The van der Waals surface area contributed by atoms with Crippen LogP contribution in [0.15, 0.2) is 18.2 Å². The molecule has 5 nitrogen and oxygen atoms in total. The first-order valence-electron chi connectivity index (χ1n) is 7.74. The van der Waals surface area contributed by atoms with Crippen molar-refractivity contribution in [2.45, 2.75) is 26.0 Å². The molecule has 1 aromatic carbocycles. The number of ether oxygens (including phenoxy) is 1. The van der Waals surface area contributed by atoms with Crippen molar-refractivity contribution in [3.05, 3.63) is 23.2 Å². The molecule has 2 N–H and O–H groups in total. The van der Waals surface area contributed by atoms with Crippen LogP contribution < -0.4 is 10.1 Å². The van der Waals surface area contributed by atoms with Gasteiger partial charge in [-0.3, -0.25) is 4.90 Å². The predicted octanol–water partition coefficient (Wildman–Crippen LogP) is 1.64. The number of β-amino-alcohol motifs (C(OH)–C–C–N with tert-alkyl or cyclic N) is 1. The van der Waals surface area contributed by atoms with Crippen LogP contribution in [0.4, 0.5) is 0 Å². The number of nitrogens with zero attached hydrogens (tertiary/aromatic N) is 2. The number of fused-ring (bicyclic) bond motifs is 1. The summed E-state index contributed by atoms with van der Waals surface area (Å²) >= 11 is 1.68. The summed E-state index contributed by atoms with van der Waals surface area (Å²) in [5, 5.41) is 14.6. The molecule has 0 unspecified atom stereocenters. The number of benzene rings is 1. The fraction of sp³-hybridized carbons (Fsp3) is 0.562. The number of nitrogens with one attached hydrogen (secondary N) is 1. The maximum absolute atomic E-state index is 10.2. The highest BCUT2D eigenvalue weighted by Crippen LogP contribution is 2.25. The van der Waals surface area contributed by atoms with E-state index < -0.39 is 6.10 Å². The number of aryl methyl sites for hydroxylation is 1. The molecule has 0 amide bonds. The van der Waals surface area contributed by atoms with E-state index in [1.165, 1.54) is 4.70 Å². The van der Waals surface area contributed by atoms with Crippen LogP contribution in [0.5, 0.6) is 5.75 Å². The first-order chi connectivity index (χ1) is 10.6. The Bertz CT molecular complexity index is 631. The van der Waals surface area contributed by atoms with E-state index in [-0.39, 0.29) is 0 Å². The third kappa shape index (κ3) is 3.95. The molecule has 0 saturated carbocycles. The van der Waals surface area contributed by atoms with Gasteiger partial charge in [0.2, 0.25) is 0 Å². The monoisotopic (exact) mass is 321 g/mol. The Hall–Kier alpha value is -1.21. The zero-order valence-electron chi connectivity index (χ0n) is 13.1. The van der Waals surface area contributed by atoms with E-state index in [1.807, 2.05) is 25.1 Å². The summed E-state index contributed by atoms with van der Waals surface area (Å²) in [7, 11) is 0. The Morgan fingerprint density at radius 1 is 1.55 bits per heavy atom. The number of aliphatic hydroxyl groups excluding tert-OH is 1. The Morgan fingerprint density at radius 2 is 2.41 bits per heavy atom. The van der Waals surface area contributed by atoms with Crippen LogP contribution in [0.25, 0.3) is 10.2 Å². The second-order valence-corrected chi connectivity index (χ2v) is 7.18. The van der Waals surface area contributed by atoms with Gasteiger partial charge in [-0.2, -0.15) is 0 Å². The largest absolute Gasteiger partial charge is 0.491 e. The zero-order valence-corrected chi connectivity index (χ0v) is 13.9. The van der Waals surface area contributed by atoms with Crippen molar-refractivity contribution < 1.29 is 9.84 Å². The third-order valence-electron chi connectivity index (χ3n) is 3.83. The molecule has 1 aliphatic rings. The lowest BCUT2D eigenvalue weighted by Gasteiger charge is -2.33. The average Bonchev–Trinajstić information content (AvgIpc) is 2.84. The van der Waals surface area contributed by atoms with Crippen LogP contribution >= 0.6 is 11.3 Å². The van der Waals surface area contributed by atoms with Crippen LogP contribution in [0.1, 0.15) is 11.9 Å². The number of thiazole rings is 1. The van der Waals surface area contributed by atoms with Gasteiger partial charge >= 0.3 is 0 Å². The van der Waals surface area contributed by atoms with E-state index in [1.54, 1.807) is 11.3 Å². The standard InChI is InChI=1S/C16H23N3O2S/c1-11-8-19(6-5-17-11)9-13(20)10-21-14-3-4-16-15(7-14)18-12(2)22-16/h3-4,7,11,13,17,20H,5-6,8-10H2,1-2H3/t11-,13+/m0/s1. The first-order valence-corrected chi connectivity index (χ1v) is 8.55. The molecule has 120 valence electrons. The van der Waals surface area contributed by atoms with E-state index in [4.69, 9.17) is 4.74 Å². The van der Waals surface area contributed by atoms with Gasteiger partial charge in [-0.05, 0) is 26.0 Å². The molecule has 2 aromatic rings. The lowest BCUT2D eigenvalue weighted by atomic mass is 10.2. The highest BCUT2D eigenvalue weighted by Gasteiger charge is 2.18. The fourth-order valence-corrected chi connectivity index (χ4v) is 3.64. The van der Waals surface area contributed by atoms with Crippen molar-refractivity contribution in [2.75, 3.05) is 32.8 Å². The zero-order chi connectivity index (χ0) is 15.5. The van der Waals surface area contributed by atoms with E-state index in [2.05, 4.69) is 22.1 Å². The second kappa shape index (κ2) is 6.91. The van der Waals surface area contributed by atoms with Gasteiger partial charge in [0, 0.05) is 38.3 Å². The summed E-state index contributed by atoms with van der Waals surface area (Å²) in [5.74, 6) is 0.769. The Balaban J connectivity index is 1.51. The highest BCUT2D eigenvalue weighted by atomic mass is 32.1. The van der Waals surface area contributed by atoms with E-state index in [9.17, 15) is 5.11 Å². The van der Waals surface area contributed by atoms with E-state index >= 15 is 0 Å². The molecule has 0 radical (unpaired) electrons. The minimum Gasteiger partial charge on any atom is -0.491 e. The van der Waals surface area contributed by atoms with Gasteiger partial charge in [0.25, 0.3) is 0 Å². The molecule has 0 spiro atoms. The lowest BCUT2D eigenvalue weighted by Crippen LogP contribution is -2.51. The van der Waals surface area contributed by atoms with Gasteiger partial charge in [-0.15, -0.1) is 11.3 Å². The van der Waals surface area contributed by atoms with Crippen LogP contribution in [0.2, 0.25) is 0 Å². The molecule has 2 atom stereocenters. The third-order valence-corrected chi connectivity index (χ3v) is 4.78. The first kappa shape index (κ1) is 15.7. The predicted molar refractivity (Wildman–Crippen MR) is 89.8 cm³/mol. The van der Waals surface area contributed by atoms with E-state index in [0.29, 0.717) is 19.2 Å². The lowest BCUT2D eigenvalue weighted by molar-refractivity contribution is 0.0589. The molecule has 1 saturated heterocycles. The highest BCUT2D eigenvalue weighted by molar-refractivity contribution is 7.18. The summed E-state index contributed by atoms with van der Waals surface area (Å²) in [6.45, 7) is 8.07. The Labute approximate surface area is 134 Å². The topological polar surface area (TPSA) is 57.6 Å². The smallest absolute Gasteiger partial charge is 0.121 e. The summed E-state index contributed by atoms with van der Waals surface area (Å²) in [6, 6.07) is 6.40. The summed E-state index contributed by atoms with van der Waals surface area (Å²) in [4.78, 5) is 6.74. The Morgan fingerprint density at radius 3 is 3.23 bits per heavy atom. The summed E-state index contributed by atoms with van der Waals surface area (Å²) in [5.41, 5.74) is 0.963. The van der Waals surface area contributed by atoms with Crippen molar-refractivity contribution >= 4 is 21.6 Å². The molecule has 3 rings (SSSR count). The maximum atomic E-state index is 10.2. The van der Waals surface area contributed by atoms with Crippen molar-refractivity contribution in [1.82, 2.24) is 15.2 Å². The molecule has 22 heavy (non-hydrogen) atoms. The van der Waals surface area contributed by atoms with Crippen molar-refractivity contribution in [3.63, 3.8) is 0 Å². The van der Waals surface area contributed by atoms with E-state index in [0.717, 1.165) is 35.9 Å². The molecule has 1 aromatic heterocycles. The Kier molecular flexibility index (Phi) is 4.93. The van der Waals surface area contributed by atoms with Crippen molar-refractivity contribution in [3.8, 4) is 5.75 Å². The quantitative estimate of drug-likeness (QED) is 0.877. The van der Waals surface area contributed by atoms with Gasteiger partial charge in [0.1, 0.15) is 18.5 Å². The number of aromatic nitrogens is 1. The summed E-state index contributed by atoms with van der Waals surface area (Å²) < 4.78 is 6.89.